The maximum atomic E-state index is 12.9. The number of carbonyl (C=O) groups is 1. The molecule has 6 nitrogen and oxygen atoms in total. The monoisotopic (exact) mass is 451 g/mol. The van der Waals surface area contributed by atoms with Crippen molar-refractivity contribution < 1.29 is 13.2 Å². The molecule has 0 unspecified atom stereocenters. The maximum absolute atomic E-state index is 12.9. The van der Waals surface area contributed by atoms with Crippen LogP contribution in [-0.2, 0) is 22.9 Å². The van der Waals surface area contributed by atoms with Gasteiger partial charge < -0.3 is 5.32 Å². The van der Waals surface area contributed by atoms with Crippen LogP contribution < -0.4 is 10.0 Å². The highest BCUT2D eigenvalue weighted by Crippen LogP contribution is 2.39. The summed E-state index contributed by atoms with van der Waals surface area (Å²) in [6, 6.07) is 16.6. The number of hydrogen-bond donors (Lipinski definition) is 2. The van der Waals surface area contributed by atoms with Crippen LogP contribution in [0.25, 0.3) is 0 Å². The minimum absolute atomic E-state index is 0.0104. The summed E-state index contributed by atoms with van der Waals surface area (Å²) in [6.07, 6.45) is 2.77. The molecule has 158 valence electrons. The summed E-state index contributed by atoms with van der Waals surface area (Å²) in [7, 11) is -3.84. The highest BCUT2D eigenvalue weighted by molar-refractivity contribution is 7.92. The smallest absolute Gasteiger partial charge is 0.261 e. The van der Waals surface area contributed by atoms with E-state index < -0.39 is 15.9 Å². The molecule has 0 aliphatic heterocycles. The van der Waals surface area contributed by atoms with E-state index in [0.717, 1.165) is 29.7 Å². The van der Waals surface area contributed by atoms with Crippen molar-refractivity contribution in [2.75, 3.05) is 10.0 Å². The first kappa shape index (κ1) is 21.1. The number of rotatable bonds is 5. The minimum Gasteiger partial charge on any atom is -0.312 e. The van der Waals surface area contributed by atoms with Crippen LogP contribution in [0.1, 0.15) is 39.7 Å². The Bertz CT molecular complexity index is 1280. The lowest BCUT2D eigenvalue weighted by molar-refractivity contribution is 0.102. The van der Waals surface area contributed by atoms with Crippen LogP contribution in [0.4, 0.5) is 10.7 Å². The average molecular weight is 452 g/mol. The number of sulfonamides is 1. The summed E-state index contributed by atoms with van der Waals surface area (Å²) in [6.45, 7) is 2.18. The summed E-state index contributed by atoms with van der Waals surface area (Å²) in [5.41, 5.74) is 2.20. The highest BCUT2D eigenvalue weighted by Gasteiger charge is 2.25. The van der Waals surface area contributed by atoms with Crippen molar-refractivity contribution in [2.24, 2.45) is 5.92 Å². The first-order valence-electron chi connectivity index (χ1n) is 9.91. The van der Waals surface area contributed by atoms with Crippen molar-refractivity contribution >= 4 is 38.0 Å². The van der Waals surface area contributed by atoms with Gasteiger partial charge in [-0.25, -0.2) is 8.42 Å². The number of para-hydroxylation sites is 1. The fourth-order valence-corrected chi connectivity index (χ4v) is 6.12. The van der Waals surface area contributed by atoms with Crippen molar-refractivity contribution in [3.05, 3.63) is 76.2 Å². The van der Waals surface area contributed by atoms with Crippen molar-refractivity contribution in [1.29, 1.82) is 5.26 Å². The van der Waals surface area contributed by atoms with Gasteiger partial charge in [0.1, 0.15) is 11.1 Å². The molecule has 31 heavy (non-hydrogen) atoms. The molecular weight excluding hydrogens is 430 g/mol. The van der Waals surface area contributed by atoms with Crippen LogP contribution in [0.2, 0.25) is 0 Å². The molecule has 2 aromatic carbocycles. The van der Waals surface area contributed by atoms with Crippen molar-refractivity contribution in [1.82, 2.24) is 0 Å². The second kappa shape index (κ2) is 8.53. The van der Waals surface area contributed by atoms with Crippen LogP contribution in [-0.4, -0.2) is 14.3 Å². The van der Waals surface area contributed by atoms with Crippen LogP contribution in [0, 0.1) is 17.2 Å². The molecular formula is C23H21N3O3S2. The van der Waals surface area contributed by atoms with Gasteiger partial charge in [-0.2, -0.15) is 5.26 Å². The number of nitriles is 1. The van der Waals surface area contributed by atoms with E-state index in [1.54, 1.807) is 36.4 Å². The number of nitrogens with one attached hydrogen (secondary N) is 2. The third-order valence-electron chi connectivity index (χ3n) is 5.28. The second-order valence-electron chi connectivity index (χ2n) is 7.62. The molecule has 1 atom stereocenters. The number of carbonyl (C=O) groups excluding carboxylic acids is 1. The molecule has 4 rings (SSSR count). The standard InChI is InChI=1S/C23H21N3O3S2/c1-15-10-11-19-20(14-24)23(30-21(19)12-15)25-22(27)16-6-5-9-18(13-16)31(28,29)26-17-7-3-2-4-8-17/h2-9,13,15,26H,10-12H2,1H3,(H,25,27)/t15-/m1/s1. The quantitative estimate of drug-likeness (QED) is 0.582. The fraction of sp³-hybridized carbons (Fsp3) is 0.217. The Labute approximate surface area is 185 Å². The molecule has 1 amide bonds. The van der Waals surface area contributed by atoms with E-state index in [0.29, 0.717) is 22.2 Å². The van der Waals surface area contributed by atoms with Gasteiger partial charge in [0.2, 0.25) is 0 Å². The summed E-state index contributed by atoms with van der Waals surface area (Å²) in [4.78, 5) is 14.0. The number of fused-ring (bicyclic) bond motifs is 1. The van der Waals surface area contributed by atoms with E-state index >= 15 is 0 Å². The van der Waals surface area contributed by atoms with Crippen LogP contribution in [0.15, 0.2) is 59.5 Å². The van der Waals surface area contributed by atoms with E-state index in [-0.39, 0.29) is 10.5 Å². The largest absolute Gasteiger partial charge is 0.312 e. The maximum Gasteiger partial charge on any atom is 0.261 e. The summed E-state index contributed by atoms with van der Waals surface area (Å²) >= 11 is 1.44. The molecule has 1 aliphatic rings. The second-order valence-corrected chi connectivity index (χ2v) is 10.4. The third-order valence-corrected chi connectivity index (χ3v) is 7.83. The normalized spacial score (nSPS) is 15.5. The number of hydrogen-bond acceptors (Lipinski definition) is 5. The lowest BCUT2D eigenvalue weighted by atomic mass is 9.88. The Morgan fingerprint density at radius 3 is 2.68 bits per heavy atom. The van der Waals surface area contributed by atoms with Gasteiger partial charge in [0.15, 0.2) is 0 Å². The topological polar surface area (TPSA) is 99.1 Å². The summed E-state index contributed by atoms with van der Waals surface area (Å²) in [5, 5.41) is 13.0. The number of anilines is 2. The number of nitrogens with zero attached hydrogens (tertiary/aromatic N) is 1. The lowest BCUT2D eigenvalue weighted by Gasteiger charge is -2.17. The van der Waals surface area contributed by atoms with Gasteiger partial charge in [0.05, 0.1) is 10.5 Å². The molecule has 1 aromatic heterocycles. The van der Waals surface area contributed by atoms with Gasteiger partial charge in [-0.3, -0.25) is 9.52 Å². The number of amides is 1. The zero-order valence-electron chi connectivity index (χ0n) is 16.9. The van der Waals surface area contributed by atoms with Gasteiger partial charge in [0.25, 0.3) is 15.9 Å². The molecule has 0 radical (unpaired) electrons. The predicted molar refractivity (Wildman–Crippen MR) is 122 cm³/mol. The van der Waals surface area contributed by atoms with Crippen LogP contribution in [0.3, 0.4) is 0 Å². The molecule has 0 spiro atoms. The zero-order valence-corrected chi connectivity index (χ0v) is 18.5. The fourth-order valence-electron chi connectivity index (χ4n) is 3.66. The SMILES string of the molecule is C[C@@H]1CCc2c(sc(NC(=O)c3cccc(S(=O)(=O)Nc4ccccc4)c3)c2C#N)C1. The Balaban J connectivity index is 1.58. The molecule has 1 aliphatic carbocycles. The lowest BCUT2D eigenvalue weighted by Crippen LogP contribution is -2.16. The van der Waals surface area contributed by atoms with Gasteiger partial charge in [-0.1, -0.05) is 31.2 Å². The average Bonchev–Trinajstić information content (AvgIpc) is 3.10. The highest BCUT2D eigenvalue weighted by atomic mass is 32.2. The van der Waals surface area contributed by atoms with E-state index in [2.05, 4.69) is 23.0 Å². The molecule has 0 bridgehead atoms. The zero-order chi connectivity index (χ0) is 22.0. The van der Waals surface area contributed by atoms with Crippen molar-refractivity contribution in [3.63, 3.8) is 0 Å². The first-order chi connectivity index (χ1) is 14.9. The molecule has 2 N–H and O–H groups in total. The Hall–Kier alpha value is -3.15. The van der Waals surface area contributed by atoms with Crippen molar-refractivity contribution in [3.8, 4) is 6.07 Å². The predicted octanol–water partition coefficient (Wildman–Crippen LogP) is 4.80. The number of benzene rings is 2. The van der Waals surface area contributed by atoms with E-state index in [9.17, 15) is 18.5 Å². The number of thiophene rings is 1. The first-order valence-corrected chi connectivity index (χ1v) is 12.2. The molecule has 0 saturated heterocycles. The van der Waals surface area contributed by atoms with Gasteiger partial charge in [0, 0.05) is 16.1 Å². The summed E-state index contributed by atoms with van der Waals surface area (Å²) < 4.78 is 27.9. The third kappa shape index (κ3) is 4.48. The minimum atomic E-state index is -3.84. The molecule has 1 heterocycles. The van der Waals surface area contributed by atoms with Crippen molar-refractivity contribution in [2.45, 2.75) is 31.1 Å². The van der Waals surface area contributed by atoms with E-state index in [4.69, 9.17) is 0 Å². The Morgan fingerprint density at radius 2 is 1.94 bits per heavy atom. The molecule has 0 saturated carbocycles. The Kier molecular flexibility index (Phi) is 5.81. The van der Waals surface area contributed by atoms with Gasteiger partial charge >= 0.3 is 0 Å². The van der Waals surface area contributed by atoms with Gasteiger partial charge in [-0.15, -0.1) is 11.3 Å². The summed E-state index contributed by atoms with van der Waals surface area (Å²) in [5.74, 6) is 0.111. The van der Waals surface area contributed by atoms with E-state index in [1.807, 2.05) is 0 Å². The molecule has 8 heteroatoms. The van der Waals surface area contributed by atoms with Crippen LogP contribution >= 0.6 is 11.3 Å². The molecule has 3 aromatic rings. The van der Waals surface area contributed by atoms with E-state index in [1.165, 1.54) is 29.5 Å². The van der Waals surface area contributed by atoms with Gasteiger partial charge in [-0.05, 0) is 61.1 Å². The Morgan fingerprint density at radius 1 is 1.16 bits per heavy atom. The molecule has 0 fully saturated rings. The van der Waals surface area contributed by atoms with Crippen LogP contribution in [0.5, 0.6) is 0 Å².